The quantitative estimate of drug-likeness (QED) is 0.841. The smallest absolute Gasteiger partial charge is 0.270 e. The van der Waals surface area contributed by atoms with Crippen LogP contribution in [0.3, 0.4) is 0 Å². The van der Waals surface area contributed by atoms with Gasteiger partial charge in [-0.05, 0) is 25.3 Å². The number of amides is 1. The molecule has 18 heavy (non-hydrogen) atoms. The monoisotopic (exact) mass is 251 g/mol. The first-order valence-corrected chi connectivity index (χ1v) is 6.54. The Morgan fingerprint density at radius 1 is 1.61 bits per heavy atom. The SMILES string of the molecule is CCCn1cc(N)cc1C(=O)N1CCC[C@@H]1CO. The summed E-state index contributed by atoms with van der Waals surface area (Å²) in [5, 5.41) is 9.28. The van der Waals surface area contributed by atoms with Crippen LogP contribution in [-0.2, 0) is 6.54 Å². The van der Waals surface area contributed by atoms with E-state index in [1.54, 1.807) is 17.2 Å². The molecule has 0 aliphatic carbocycles. The summed E-state index contributed by atoms with van der Waals surface area (Å²) in [4.78, 5) is 14.2. The van der Waals surface area contributed by atoms with Crippen molar-refractivity contribution in [1.29, 1.82) is 0 Å². The van der Waals surface area contributed by atoms with Crippen LogP contribution in [-0.4, -0.2) is 39.7 Å². The lowest BCUT2D eigenvalue weighted by atomic mass is 10.2. The lowest BCUT2D eigenvalue weighted by Gasteiger charge is -2.23. The number of likely N-dealkylation sites (tertiary alicyclic amines) is 1. The Kier molecular flexibility index (Phi) is 3.91. The fraction of sp³-hybridized carbons (Fsp3) is 0.615. The van der Waals surface area contributed by atoms with E-state index in [1.807, 2.05) is 4.57 Å². The van der Waals surface area contributed by atoms with Gasteiger partial charge in [0.25, 0.3) is 5.91 Å². The van der Waals surface area contributed by atoms with Gasteiger partial charge >= 0.3 is 0 Å². The summed E-state index contributed by atoms with van der Waals surface area (Å²) in [6.45, 7) is 3.61. The van der Waals surface area contributed by atoms with Crippen molar-refractivity contribution < 1.29 is 9.90 Å². The van der Waals surface area contributed by atoms with E-state index in [0.717, 1.165) is 32.4 Å². The largest absolute Gasteiger partial charge is 0.397 e. The van der Waals surface area contributed by atoms with Crippen LogP contribution >= 0.6 is 0 Å². The van der Waals surface area contributed by atoms with Gasteiger partial charge in [-0.25, -0.2) is 0 Å². The van der Waals surface area contributed by atoms with Gasteiger partial charge < -0.3 is 20.3 Å². The second-order valence-corrected chi connectivity index (χ2v) is 4.83. The van der Waals surface area contributed by atoms with Crippen LogP contribution in [0, 0.1) is 0 Å². The Balaban J connectivity index is 2.22. The van der Waals surface area contributed by atoms with Gasteiger partial charge in [-0.2, -0.15) is 0 Å². The predicted molar refractivity (Wildman–Crippen MR) is 70.3 cm³/mol. The lowest BCUT2D eigenvalue weighted by molar-refractivity contribution is 0.0666. The van der Waals surface area contributed by atoms with Crippen LogP contribution in [0.5, 0.6) is 0 Å². The number of aliphatic hydroxyl groups excluding tert-OH is 1. The first-order chi connectivity index (χ1) is 8.67. The van der Waals surface area contributed by atoms with Crippen LogP contribution in [0.2, 0.25) is 0 Å². The number of nitrogens with zero attached hydrogens (tertiary/aromatic N) is 2. The Labute approximate surface area is 107 Å². The second kappa shape index (κ2) is 5.44. The number of carbonyl (C=O) groups excluding carboxylic acids is 1. The van der Waals surface area contributed by atoms with Crippen LogP contribution in [0.25, 0.3) is 0 Å². The van der Waals surface area contributed by atoms with Gasteiger partial charge in [0.1, 0.15) is 5.69 Å². The minimum Gasteiger partial charge on any atom is -0.397 e. The maximum absolute atomic E-state index is 12.5. The highest BCUT2D eigenvalue weighted by Crippen LogP contribution is 2.21. The van der Waals surface area contributed by atoms with Gasteiger partial charge in [0.2, 0.25) is 0 Å². The van der Waals surface area contributed by atoms with Gasteiger partial charge in [-0.3, -0.25) is 4.79 Å². The summed E-state index contributed by atoms with van der Waals surface area (Å²) in [6, 6.07) is 1.69. The number of hydrogen-bond donors (Lipinski definition) is 2. The number of anilines is 1. The molecule has 0 unspecified atom stereocenters. The molecule has 2 rings (SSSR count). The van der Waals surface area contributed by atoms with Gasteiger partial charge in [0, 0.05) is 19.3 Å². The number of nitrogen functional groups attached to an aromatic ring is 1. The molecule has 0 spiro atoms. The van der Waals surface area contributed by atoms with Crippen LogP contribution < -0.4 is 5.73 Å². The highest BCUT2D eigenvalue weighted by Gasteiger charge is 2.30. The Morgan fingerprint density at radius 2 is 2.39 bits per heavy atom. The highest BCUT2D eigenvalue weighted by atomic mass is 16.3. The summed E-state index contributed by atoms with van der Waals surface area (Å²) in [7, 11) is 0. The zero-order chi connectivity index (χ0) is 13.1. The molecule has 3 N–H and O–H groups in total. The molecule has 1 aromatic rings. The Hall–Kier alpha value is -1.49. The number of aryl methyl sites for hydroxylation is 1. The van der Waals surface area contributed by atoms with E-state index in [1.165, 1.54) is 0 Å². The molecule has 0 radical (unpaired) electrons. The number of hydrogen-bond acceptors (Lipinski definition) is 3. The minimum absolute atomic E-state index is 0.0169. The van der Waals surface area contributed by atoms with E-state index in [2.05, 4.69) is 6.92 Å². The summed E-state index contributed by atoms with van der Waals surface area (Å²) >= 11 is 0. The van der Waals surface area contributed by atoms with Gasteiger partial charge in [-0.1, -0.05) is 6.92 Å². The van der Waals surface area contributed by atoms with E-state index in [4.69, 9.17) is 5.73 Å². The summed E-state index contributed by atoms with van der Waals surface area (Å²) in [5.41, 5.74) is 7.02. The van der Waals surface area contributed by atoms with E-state index in [0.29, 0.717) is 11.4 Å². The van der Waals surface area contributed by atoms with Crippen LogP contribution in [0.1, 0.15) is 36.7 Å². The average Bonchev–Trinajstić information content (AvgIpc) is 2.95. The molecule has 1 aliphatic heterocycles. The lowest BCUT2D eigenvalue weighted by Crippen LogP contribution is -2.38. The molecule has 1 saturated heterocycles. The topological polar surface area (TPSA) is 71.5 Å². The number of aromatic nitrogens is 1. The summed E-state index contributed by atoms with van der Waals surface area (Å²) in [6.07, 6.45) is 4.60. The normalized spacial score (nSPS) is 19.4. The fourth-order valence-electron chi connectivity index (χ4n) is 2.58. The molecule has 2 heterocycles. The van der Waals surface area contributed by atoms with Gasteiger partial charge in [0.15, 0.2) is 0 Å². The van der Waals surface area contributed by atoms with Crippen LogP contribution in [0.4, 0.5) is 5.69 Å². The summed E-state index contributed by atoms with van der Waals surface area (Å²) < 4.78 is 1.91. The molecular weight excluding hydrogens is 230 g/mol. The van der Waals surface area contributed by atoms with E-state index in [9.17, 15) is 9.90 Å². The first kappa shape index (κ1) is 13.0. The van der Waals surface area contributed by atoms with E-state index >= 15 is 0 Å². The molecule has 1 fully saturated rings. The molecule has 0 bridgehead atoms. The second-order valence-electron chi connectivity index (χ2n) is 4.83. The molecule has 0 aromatic carbocycles. The molecule has 1 aliphatic rings. The molecule has 5 nitrogen and oxygen atoms in total. The van der Waals surface area contributed by atoms with Crippen molar-refractivity contribution in [3.63, 3.8) is 0 Å². The third-order valence-corrected chi connectivity index (χ3v) is 3.45. The fourth-order valence-corrected chi connectivity index (χ4v) is 2.58. The third-order valence-electron chi connectivity index (χ3n) is 3.45. The Bertz CT molecular complexity index is 428. The number of nitrogens with two attached hydrogens (primary N) is 1. The van der Waals surface area contributed by atoms with E-state index in [-0.39, 0.29) is 18.6 Å². The molecular formula is C13H21N3O2. The third kappa shape index (κ3) is 2.36. The van der Waals surface area contributed by atoms with Gasteiger partial charge in [0.05, 0.1) is 18.3 Å². The molecule has 0 saturated carbocycles. The van der Waals surface area contributed by atoms with Gasteiger partial charge in [-0.15, -0.1) is 0 Å². The highest BCUT2D eigenvalue weighted by molar-refractivity contribution is 5.94. The summed E-state index contributed by atoms with van der Waals surface area (Å²) in [5.74, 6) is -0.0169. The van der Waals surface area contributed by atoms with Crippen molar-refractivity contribution in [3.8, 4) is 0 Å². The molecule has 5 heteroatoms. The van der Waals surface area contributed by atoms with Crippen molar-refractivity contribution in [2.45, 2.75) is 38.8 Å². The van der Waals surface area contributed by atoms with E-state index < -0.39 is 0 Å². The van der Waals surface area contributed by atoms with Crippen molar-refractivity contribution in [2.24, 2.45) is 0 Å². The molecule has 100 valence electrons. The number of carbonyl (C=O) groups is 1. The Morgan fingerprint density at radius 3 is 3.06 bits per heavy atom. The zero-order valence-electron chi connectivity index (χ0n) is 10.8. The van der Waals surface area contributed by atoms with Crippen molar-refractivity contribution in [3.05, 3.63) is 18.0 Å². The van der Waals surface area contributed by atoms with Crippen LogP contribution in [0.15, 0.2) is 12.3 Å². The maximum Gasteiger partial charge on any atom is 0.270 e. The molecule has 1 amide bonds. The number of aliphatic hydroxyl groups is 1. The first-order valence-electron chi connectivity index (χ1n) is 6.54. The zero-order valence-corrected chi connectivity index (χ0v) is 10.8. The predicted octanol–water partition coefficient (Wildman–Crippen LogP) is 1.08. The molecule has 1 atom stereocenters. The average molecular weight is 251 g/mol. The minimum atomic E-state index is -0.0382. The molecule has 1 aromatic heterocycles. The standard InChI is InChI=1S/C13H21N3O2/c1-2-5-15-8-10(14)7-12(15)13(18)16-6-3-4-11(16)9-17/h7-8,11,17H,2-6,9,14H2,1H3/t11-/m1/s1. The van der Waals surface area contributed by atoms with Crippen molar-refractivity contribution in [2.75, 3.05) is 18.9 Å². The maximum atomic E-state index is 12.5. The number of rotatable bonds is 4. The van der Waals surface area contributed by atoms with Crippen molar-refractivity contribution >= 4 is 11.6 Å². The van der Waals surface area contributed by atoms with Crippen molar-refractivity contribution in [1.82, 2.24) is 9.47 Å².